The molecule has 2 aliphatic heterocycles. The Hall–Kier alpha value is -2.66. The van der Waals surface area contributed by atoms with Crippen LogP contribution in [0.4, 0.5) is 4.39 Å². The van der Waals surface area contributed by atoms with Gasteiger partial charge in [-0.05, 0) is 66.6 Å². The molecule has 0 saturated carbocycles. The number of carbonyl (C=O) groups is 1. The monoisotopic (exact) mass is 366 g/mol. The van der Waals surface area contributed by atoms with Crippen LogP contribution < -0.4 is 10.4 Å². The molecule has 0 radical (unpaired) electrons. The number of halogens is 1. The number of carbonyl (C=O) groups excluding carboxylic acids is 1. The summed E-state index contributed by atoms with van der Waals surface area (Å²) in [4.78, 5) is 12.8. The lowest BCUT2D eigenvalue weighted by molar-refractivity contribution is -0.318. The van der Waals surface area contributed by atoms with E-state index in [9.17, 15) is 14.3 Å². The Kier molecular flexibility index (Phi) is 4.27. The normalized spacial score (nSPS) is 18.9. The van der Waals surface area contributed by atoms with Crippen LogP contribution in [0.1, 0.15) is 29.5 Å². The lowest BCUT2D eigenvalue weighted by Crippen LogP contribution is -2.51. The van der Waals surface area contributed by atoms with E-state index in [4.69, 9.17) is 4.74 Å². The molecule has 0 aromatic heterocycles. The van der Waals surface area contributed by atoms with Gasteiger partial charge in [0.2, 0.25) is 0 Å². The summed E-state index contributed by atoms with van der Waals surface area (Å²) in [7, 11) is 0. The van der Waals surface area contributed by atoms with Crippen LogP contribution in [0.15, 0.2) is 42.2 Å². The van der Waals surface area contributed by atoms with E-state index in [1.54, 1.807) is 12.1 Å². The standard InChI is InChI=1S/C22H22FNO3/c1-13-3-8-17(15-4-6-16(23)7-5-15)14(2)18(13)19-20(25)22(24-21(19)26)9-11-27-12-10-22/h3-8,25H,9-12H2,1-2H3,(H,24,26)/p-1. The first kappa shape index (κ1) is 17.7. The van der Waals surface area contributed by atoms with Gasteiger partial charge in [0.25, 0.3) is 5.91 Å². The van der Waals surface area contributed by atoms with Gasteiger partial charge in [-0.15, -0.1) is 0 Å². The van der Waals surface area contributed by atoms with Crippen LogP contribution in [0, 0.1) is 19.7 Å². The van der Waals surface area contributed by atoms with Gasteiger partial charge in [-0.2, -0.15) is 0 Å². The number of ether oxygens (including phenoxy) is 1. The van der Waals surface area contributed by atoms with Gasteiger partial charge in [0.15, 0.2) is 0 Å². The largest absolute Gasteiger partial charge is 0.873 e. The van der Waals surface area contributed by atoms with E-state index in [-0.39, 0.29) is 23.1 Å². The van der Waals surface area contributed by atoms with Crippen LogP contribution >= 0.6 is 0 Å². The second-order valence-corrected chi connectivity index (χ2v) is 7.29. The zero-order chi connectivity index (χ0) is 19.2. The molecule has 0 atom stereocenters. The van der Waals surface area contributed by atoms with Gasteiger partial charge < -0.3 is 15.2 Å². The molecule has 27 heavy (non-hydrogen) atoms. The first-order valence-electron chi connectivity index (χ1n) is 9.11. The summed E-state index contributed by atoms with van der Waals surface area (Å²) >= 11 is 0. The first-order chi connectivity index (χ1) is 12.9. The minimum atomic E-state index is -0.838. The third-order valence-electron chi connectivity index (χ3n) is 5.67. The van der Waals surface area contributed by atoms with E-state index in [1.165, 1.54) is 12.1 Å². The number of nitrogens with one attached hydrogen (secondary N) is 1. The Morgan fingerprint density at radius 1 is 1.07 bits per heavy atom. The number of rotatable bonds is 2. The Labute approximate surface area is 157 Å². The molecule has 4 rings (SSSR count). The lowest BCUT2D eigenvalue weighted by Gasteiger charge is -2.39. The van der Waals surface area contributed by atoms with Crippen molar-refractivity contribution in [2.24, 2.45) is 0 Å². The highest BCUT2D eigenvalue weighted by molar-refractivity contribution is 6.24. The third kappa shape index (κ3) is 2.82. The summed E-state index contributed by atoms with van der Waals surface area (Å²) in [5.74, 6) is -0.757. The molecule has 4 nitrogen and oxygen atoms in total. The van der Waals surface area contributed by atoms with Crippen LogP contribution in [-0.4, -0.2) is 24.7 Å². The molecule has 5 heteroatoms. The van der Waals surface area contributed by atoms with Crippen molar-refractivity contribution in [2.45, 2.75) is 32.2 Å². The molecule has 1 amide bonds. The number of amides is 1. The molecule has 2 heterocycles. The molecule has 1 fully saturated rings. The molecular formula is C22H21FNO3-. The van der Waals surface area contributed by atoms with E-state index in [2.05, 4.69) is 5.32 Å². The molecule has 2 aromatic carbocycles. The first-order valence-corrected chi connectivity index (χ1v) is 9.11. The van der Waals surface area contributed by atoms with Gasteiger partial charge in [0.1, 0.15) is 5.82 Å². The van der Waals surface area contributed by atoms with Crippen LogP contribution in [0.2, 0.25) is 0 Å². The molecule has 140 valence electrons. The maximum Gasteiger partial charge on any atom is 0.251 e. The van der Waals surface area contributed by atoms with Crippen molar-refractivity contribution < 1.29 is 19.0 Å². The fourth-order valence-electron chi connectivity index (χ4n) is 4.15. The smallest absolute Gasteiger partial charge is 0.251 e. The Balaban J connectivity index is 1.87. The zero-order valence-electron chi connectivity index (χ0n) is 15.4. The topological polar surface area (TPSA) is 61.4 Å². The van der Waals surface area contributed by atoms with E-state index >= 15 is 0 Å². The van der Waals surface area contributed by atoms with Crippen molar-refractivity contribution in [1.82, 2.24) is 5.32 Å². The molecule has 1 spiro atoms. The van der Waals surface area contributed by atoms with Crippen molar-refractivity contribution in [3.63, 3.8) is 0 Å². The summed E-state index contributed by atoms with van der Waals surface area (Å²) in [6.07, 6.45) is 0.994. The summed E-state index contributed by atoms with van der Waals surface area (Å²) in [6, 6.07) is 10.1. The van der Waals surface area contributed by atoms with Gasteiger partial charge >= 0.3 is 0 Å². The number of benzene rings is 2. The zero-order valence-corrected chi connectivity index (χ0v) is 15.4. The molecule has 2 aromatic rings. The predicted octanol–water partition coefficient (Wildman–Crippen LogP) is 2.86. The van der Waals surface area contributed by atoms with Gasteiger partial charge in [-0.3, -0.25) is 4.79 Å². The minimum Gasteiger partial charge on any atom is -0.873 e. The van der Waals surface area contributed by atoms with E-state index in [0.717, 1.165) is 22.3 Å². The second kappa shape index (κ2) is 6.50. The number of hydrogen-bond acceptors (Lipinski definition) is 3. The number of aryl methyl sites for hydroxylation is 1. The Morgan fingerprint density at radius 2 is 1.74 bits per heavy atom. The summed E-state index contributed by atoms with van der Waals surface area (Å²) in [5, 5.41) is 16.2. The molecule has 1 N–H and O–H groups in total. The van der Waals surface area contributed by atoms with Gasteiger partial charge in [0.05, 0.1) is 5.54 Å². The Morgan fingerprint density at radius 3 is 2.41 bits per heavy atom. The van der Waals surface area contributed by atoms with Crippen LogP contribution in [0.3, 0.4) is 0 Å². The van der Waals surface area contributed by atoms with E-state index in [0.29, 0.717) is 31.6 Å². The summed E-state index contributed by atoms with van der Waals surface area (Å²) in [5.41, 5.74) is 3.54. The molecule has 0 aliphatic carbocycles. The lowest BCUT2D eigenvalue weighted by atomic mass is 9.85. The van der Waals surface area contributed by atoms with Crippen molar-refractivity contribution in [1.29, 1.82) is 0 Å². The van der Waals surface area contributed by atoms with E-state index in [1.807, 2.05) is 26.0 Å². The second-order valence-electron chi connectivity index (χ2n) is 7.29. The van der Waals surface area contributed by atoms with Crippen molar-refractivity contribution in [2.75, 3.05) is 13.2 Å². The third-order valence-corrected chi connectivity index (χ3v) is 5.67. The van der Waals surface area contributed by atoms with E-state index < -0.39 is 5.54 Å². The van der Waals surface area contributed by atoms with Crippen molar-refractivity contribution in [3.05, 3.63) is 64.7 Å². The highest BCUT2D eigenvalue weighted by atomic mass is 19.1. The van der Waals surface area contributed by atoms with Crippen LogP contribution in [0.25, 0.3) is 16.7 Å². The maximum atomic E-state index is 13.3. The molecule has 0 bridgehead atoms. The predicted molar refractivity (Wildman–Crippen MR) is 99.2 cm³/mol. The SMILES string of the molecule is Cc1ccc(-c2ccc(F)cc2)c(C)c1C1=C([O-])C2(CCOCC2)NC1=O. The van der Waals surface area contributed by atoms with Gasteiger partial charge in [-0.1, -0.05) is 30.0 Å². The van der Waals surface area contributed by atoms with Crippen LogP contribution in [0.5, 0.6) is 0 Å². The van der Waals surface area contributed by atoms with Gasteiger partial charge in [0, 0.05) is 18.8 Å². The highest BCUT2D eigenvalue weighted by Crippen LogP contribution is 2.40. The molecule has 1 saturated heterocycles. The Bertz CT molecular complexity index is 941. The number of hydrogen-bond donors (Lipinski definition) is 1. The average molecular weight is 366 g/mol. The van der Waals surface area contributed by atoms with Crippen molar-refractivity contribution in [3.8, 4) is 11.1 Å². The van der Waals surface area contributed by atoms with Gasteiger partial charge in [-0.25, -0.2) is 4.39 Å². The molecular weight excluding hydrogens is 345 g/mol. The maximum absolute atomic E-state index is 13.3. The van der Waals surface area contributed by atoms with Crippen LogP contribution in [-0.2, 0) is 9.53 Å². The quantitative estimate of drug-likeness (QED) is 0.889. The van der Waals surface area contributed by atoms with Crippen molar-refractivity contribution >= 4 is 11.5 Å². The fourth-order valence-corrected chi connectivity index (χ4v) is 4.15. The minimum absolute atomic E-state index is 0.141. The molecule has 0 unspecified atom stereocenters. The summed E-state index contributed by atoms with van der Waals surface area (Å²) < 4.78 is 18.7. The highest BCUT2D eigenvalue weighted by Gasteiger charge is 2.42. The fraction of sp³-hybridized carbons (Fsp3) is 0.318. The average Bonchev–Trinajstić information content (AvgIpc) is 2.88. The summed E-state index contributed by atoms with van der Waals surface area (Å²) in [6.45, 7) is 4.74. The molecule has 2 aliphatic rings.